The Hall–Kier alpha value is -3.13. The van der Waals surface area contributed by atoms with Crippen molar-refractivity contribution in [2.75, 3.05) is 6.54 Å². The number of aromatic nitrogens is 3. The number of rotatable bonds is 5. The third-order valence-electron chi connectivity index (χ3n) is 3.87. The van der Waals surface area contributed by atoms with E-state index in [2.05, 4.69) is 15.6 Å². The standard InChI is InChI=1S/C18H16F2N4O2/c1-11-17(22-23-24(11)15-7-5-13(19)6-8-15)18(26)21-10-16(25)12-3-2-4-14(20)9-12/h2-9,16,25H,10H2,1H3,(H,21,26). The molecule has 26 heavy (non-hydrogen) atoms. The van der Waals surface area contributed by atoms with E-state index < -0.39 is 17.8 Å². The molecule has 2 aromatic carbocycles. The molecule has 0 saturated heterocycles. The highest BCUT2D eigenvalue weighted by Crippen LogP contribution is 2.15. The van der Waals surface area contributed by atoms with Crippen molar-refractivity contribution < 1.29 is 18.7 Å². The summed E-state index contributed by atoms with van der Waals surface area (Å²) in [6.45, 7) is 1.55. The Labute approximate surface area is 148 Å². The van der Waals surface area contributed by atoms with Gasteiger partial charge in [-0.2, -0.15) is 0 Å². The second kappa shape index (κ2) is 7.40. The van der Waals surface area contributed by atoms with Crippen LogP contribution in [0.25, 0.3) is 5.69 Å². The number of carbonyl (C=O) groups excluding carboxylic acids is 1. The molecule has 1 aromatic heterocycles. The first-order valence-electron chi connectivity index (χ1n) is 7.85. The summed E-state index contributed by atoms with van der Waals surface area (Å²) in [5, 5.41) is 20.4. The second-order valence-corrected chi connectivity index (χ2v) is 5.69. The maximum Gasteiger partial charge on any atom is 0.273 e. The first kappa shape index (κ1) is 17.7. The van der Waals surface area contributed by atoms with Crippen molar-refractivity contribution in [1.29, 1.82) is 0 Å². The van der Waals surface area contributed by atoms with E-state index in [4.69, 9.17) is 0 Å². The molecular formula is C18H16F2N4O2. The van der Waals surface area contributed by atoms with E-state index in [9.17, 15) is 18.7 Å². The number of hydrogen-bond acceptors (Lipinski definition) is 4. The van der Waals surface area contributed by atoms with Gasteiger partial charge in [0.15, 0.2) is 5.69 Å². The predicted molar refractivity (Wildman–Crippen MR) is 89.7 cm³/mol. The van der Waals surface area contributed by atoms with Gasteiger partial charge < -0.3 is 10.4 Å². The van der Waals surface area contributed by atoms with Crippen molar-refractivity contribution in [3.8, 4) is 5.69 Å². The van der Waals surface area contributed by atoms with Crippen LogP contribution in [0.3, 0.4) is 0 Å². The highest BCUT2D eigenvalue weighted by Gasteiger charge is 2.18. The van der Waals surface area contributed by atoms with E-state index >= 15 is 0 Å². The van der Waals surface area contributed by atoms with E-state index in [0.29, 0.717) is 16.9 Å². The Morgan fingerprint density at radius 2 is 1.92 bits per heavy atom. The molecule has 0 spiro atoms. The summed E-state index contributed by atoms with van der Waals surface area (Å²) >= 11 is 0. The van der Waals surface area contributed by atoms with Gasteiger partial charge in [-0.3, -0.25) is 4.79 Å². The largest absolute Gasteiger partial charge is 0.387 e. The molecule has 3 aromatic rings. The lowest BCUT2D eigenvalue weighted by molar-refractivity contribution is 0.0910. The molecule has 3 rings (SSSR count). The molecule has 0 bridgehead atoms. The number of nitrogens with one attached hydrogen (secondary N) is 1. The minimum atomic E-state index is -1.05. The van der Waals surface area contributed by atoms with Gasteiger partial charge in [0.05, 0.1) is 17.5 Å². The van der Waals surface area contributed by atoms with Crippen molar-refractivity contribution in [3.63, 3.8) is 0 Å². The van der Waals surface area contributed by atoms with E-state index in [1.807, 2.05) is 0 Å². The monoisotopic (exact) mass is 358 g/mol. The number of carbonyl (C=O) groups is 1. The molecule has 6 nitrogen and oxygen atoms in total. The van der Waals surface area contributed by atoms with Crippen LogP contribution in [-0.4, -0.2) is 32.6 Å². The van der Waals surface area contributed by atoms with Gasteiger partial charge in [-0.1, -0.05) is 17.3 Å². The minimum Gasteiger partial charge on any atom is -0.387 e. The normalized spacial score (nSPS) is 12.0. The van der Waals surface area contributed by atoms with Crippen molar-refractivity contribution in [2.45, 2.75) is 13.0 Å². The molecule has 8 heteroatoms. The third kappa shape index (κ3) is 3.75. The van der Waals surface area contributed by atoms with Crippen molar-refractivity contribution in [2.24, 2.45) is 0 Å². The molecule has 0 fully saturated rings. The molecule has 1 amide bonds. The van der Waals surface area contributed by atoms with Gasteiger partial charge in [0.1, 0.15) is 11.6 Å². The van der Waals surface area contributed by atoms with Crippen LogP contribution in [0.2, 0.25) is 0 Å². The van der Waals surface area contributed by atoms with Crippen molar-refractivity contribution in [3.05, 3.63) is 77.1 Å². The van der Waals surface area contributed by atoms with Gasteiger partial charge in [0.2, 0.25) is 0 Å². The first-order chi connectivity index (χ1) is 12.5. The summed E-state index contributed by atoms with van der Waals surface area (Å²) in [5.41, 5.74) is 1.47. The fraction of sp³-hybridized carbons (Fsp3) is 0.167. The van der Waals surface area contributed by atoms with E-state index in [-0.39, 0.29) is 18.1 Å². The summed E-state index contributed by atoms with van der Waals surface area (Å²) in [6.07, 6.45) is -1.05. The summed E-state index contributed by atoms with van der Waals surface area (Å²) in [6, 6.07) is 11.1. The number of aliphatic hydroxyl groups is 1. The number of aliphatic hydroxyl groups excluding tert-OH is 1. The van der Waals surface area contributed by atoms with Crippen LogP contribution in [0.5, 0.6) is 0 Å². The number of amides is 1. The van der Waals surface area contributed by atoms with Crippen LogP contribution in [-0.2, 0) is 0 Å². The Morgan fingerprint density at radius 3 is 2.62 bits per heavy atom. The molecule has 1 unspecified atom stereocenters. The average Bonchev–Trinajstić information content (AvgIpc) is 3.01. The molecule has 0 aliphatic heterocycles. The van der Waals surface area contributed by atoms with E-state index in [0.717, 1.165) is 0 Å². The van der Waals surface area contributed by atoms with Gasteiger partial charge in [-0.05, 0) is 48.9 Å². The zero-order valence-corrected chi connectivity index (χ0v) is 13.9. The predicted octanol–water partition coefficient (Wildman–Crippen LogP) is 2.32. The van der Waals surface area contributed by atoms with Gasteiger partial charge in [0, 0.05) is 6.54 Å². The maximum absolute atomic E-state index is 13.2. The van der Waals surface area contributed by atoms with Gasteiger partial charge in [0.25, 0.3) is 5.91 Å². The number of benzene rings is 2. The lowest BCUT2D eigenvalue weighted by Gasteiger charge is -2.12. The number of halogens is 2. The van der Waals surface area contributed by atoms with E-state index in [1.54, 1.807) is 13.0 Å². The summed E-state index contributed by atoms with van der Waals surface area (Å²) in [7, 11) is 0. The Bertz CT molecular complexity index is 925. The van der Waals surface area contributed by atoms with Crippen LogP contribution in [0.4, 0.5) is 8.78 Å². The van der Waals surface area contributed by atoms with Crippen LogP contribution in [0, 0.1) is 18.6 Å². The average molecular weight is 358 g/mol. The number of nitrogens with zero attached hydrogens (tertiary/aromatic N) is 3. The van der Waals surface area contributed by atoms with Gasteiger partial charge >= 0.3 is 0 Å². The van der Waals surface area contributed by atoms with Crippen LogP contribution >= 0.6 is 0 Å². The fourth-order valence-corrected chi connectivity index (χ4v) is 2.47. The molecule has 2 N–H and O–H groups in total. The van der Waals surface area contributed by atoms with E-state index in [1.165, 1.54) is 47.1 Å². The summed E-state index contributed by atoms with van der Waals surface area (Å²) in [5.74, 6) is -1.37. The molecule has 0 radical (unpaired) electrons. The molecular weight excluding hydrogens is 342 g/mol. The second-order valence-electron chi connectivity index (χ2n) is 5.69. The summed E-state index contributed by atoms with van der Waals surface area (Å²) in [4.78, 5) is 12.3. The smallest absolute Gasteiger partial charge is 0.273 e. The molecule has 1 atom stereocenters. The SMILES string of the molecule is Cc1c(C(=O)NCC(O)c2cccc(F)c2)nnn1-c1ccc(F)cc1. The summed E-state index contributed by atoms with van der Waals surface area (Å²) < 4.78 is 27.6. The number of hydrogen-bond donors (Lipinski definition) is 2. The van der Waals surface area contributed by atoms with Crippen molar-refractivity contribution in [1.82, 2.24) is 20.3 Å². The topological polar surface area (TPSA) is 80.0 Å². The van der Waals surface area contributed by atoms with Crippen LogP contribution < -0.4 is 5.32 Å². The highest BCUT2D eigenvalue weighted by atomic mass is 19.1. The molecule has 0 aliphatic rings. The Balaban J connectivity index is 1.70. The molecule has 0 saturated carbocycles. The fourth-order valence-electron chi connectivity index (χ4n) is 2.47. The van der Waals surface area contributed by atoms with Gasteiger partial charge in [-0.25, -0.2) is 13.5 Å². The first-order valence-corrected chi connectivity index (χ1v) is 7.85. The maximum atomic E-state index is 13.2. The van der Waals surface area contributed by atoms with Crippen LogP contribution in [0.1, 0.15) is 27.8 Å². The molecule has 134 valence electrons. The Kier molecular flexibility index (Phi) is 5.04. The molecule has 0 aliphatic carbocycles. The Morgan fingerprint density at radius 1 is 1.19 bits per heavy atom. The van der Waals surface area contributed by atoms with Crippen molar-refractivity contribution >= 4 is 5.91 Å². The quantitative estimate of drug-likeness (QED) is 0.734. The lowest BCUT2D eigenvalue weighted by Crippen LogP contribution is -2.29. The third-order valence-corrected chi connectivity index (χ3v) is 3.87. The van der Waals surface area contributed by atoms with Crippen LogP contribution in [0.15, 0.2) is 48.5 Å². The lowest BCUT2D eigenvalue weighted by atomic mass is 10.1. The zero-order chi connectivity index (χ0) is 18.7. The highest BCUT2D eigenvalue weighted by molar-refractivity contribution is 5.93. The zero-order valence-electron chi connectivity index (χ0n) is 13.9. The van der Waals surface area contributed by atoms with Gasteiger partial charge in [-0.15, -0.1) is 5.10 Å². The minimum absolute atomic E-state index is 0.0840. The molecule has 1 heterocycles.